The third-order valence-corrected chi connectivity index (χ3v) is 5.71. The third kappa shape index (κ3) is 4.18. The zero-order valence-electron chi connectivity index (χ0n) is 18.8. The molecular weight excluding hydrogens is 457 g/mol. The minimum Gasteiger partial charge on any atom is -0.330 e. The van der Waals surface area contributed by atoms with Gasteiger partial charge in [0.15, 0.2) is 0 Å². The van der Waals surface area contributed by atoms with E-state index < -0.39 is 17.8 Å². The number of pyridine rings is 1. The zero-order chi connectivity index (χ0) is 24.7. The summed E-state index contributed by atoms with van der Waals surface area (Å²) < 4.78 is 39.6. The Morgan fingerprint density at radius 3 is 2.37 bits per heavy atom. The van der Waals surface area contributed by atoms with E-state index in [1.807, 2.05) is 38.1 Å². The number of aromatic nitrogens is 5. The summed E-state index contributed by atoms with van der Waals surface area (Å²) in [5.41, 5.74) is 3.65. The fourth-order valence-corrected chi connectivity index (χ4v) is 4.04. The number of amides is 1. The first-order chi connectivity index (χ1) is 16.7. The van der Waals surface area contributed by atoms with Crippen LogP contribution in [-0.4, -0.2) is 31.0 Å². The molecule has 3 heterocycles. The number of aryl methyl sites for hydroxylation is 2. The minimum absolute atomic E-state index is 0.0987. The average Bonchev–Trinajstić information content (AvgIpc) is 3.21. The van der Waals surface area contributed by atoms with Crippen LogP contribution in [0.4, 0.5) is 18.0 Å². The fourth-order valence-electron chi connectivity index (χ4n) is 4.04. The maximum Gasteiger partial charge on any atom is 0.416 e. The standard InChI is InChI=1S/C25H19F3N6O/c1-14-22-15(2)33-34(23(22)19-5-3-4-6-21(19)30-14)24(35)29-13-18-11-12-20(32-31-18)16-7-9-17(10-8-16)25(26,27)28/h3-12H,13H2,1-2H3,(H,29,35). The molecule has 3 aromatic heterocycles. The molecule has 5 rings (SSSR count). The molecule has 7 nitrogen and oxygen atoms in total. The van der Waals surface area contributed by atoms with E-state index in [1.54, 1.807) is 12.1 Å². The van der Waals surface area contributed by atoms with Gasteiger partial charge in [0.05, 0.1) is 40.2 Å². The van der Waals surface area contributed by atoms with E-state index in [0.717, 1.165) is 34.1 Å². The molecule has 0 fully saturated rings. The van der Waals surface area contributed by atoms with E-state index in [-0.39, 0.29) is 6.54 Å². The molecule has 1 N–H and O–H groups in total. The highest BCUT2D eigenvalue weighted by Gasteiger charge is 2.30. The zero-order valence-corrected chi connectivity index (χ0v) is 18.8. The molecule has 1 amide bonds. The van der Waals surface area contributed by atoms with Crippen molar-refractivity contribution in [3.8, 4) is 11.3 Å². The number of hydrogen-bond acceptors (Lipinski definition) is 5. The lowest BCUT2D eigenvalue weighted by molar-refractivity contribution is -0.137. The van der Waals surface area contributed by atoms with Gasteiger partial charge in [-0.15, -0.1) is 0 Å². The number of carbonyl (C=O) groups is 1. The van der Waals surface area contributed by atoms with Gasteiger partial charge in [-0.05, 0) is 44.2 Å². The molecule has 35 heavy (non-hydrogen) atoms. The maximum atomic E-state index is 13.0. The number of hydrogen-bond donors (Lipinski definition) is 1. The SMILES string of the molecule is Cc1nc2ccccc2c2c1c(C)nn2C(=O)NCc1ccc(-c2ccc(C(F)(F)F)cc2)nn1. The summed E-state index contributed by atoms with van der Waals surface area (Å²) in [6.07, 6.45) is -4.40. The molecule has 5 aromatic rings. The molecule has 0 spiro atoms. The van der Waals surface area contributed by atoms with Crippen LogP contribution in [0.25, 0.3) is 33.1 Å². The largest absolute Gasteiger partial charge is 0.416 e. The van der Waals surface area contributed by atoms with Gasteiger partial charge >= 0.3 is 12.2 Å². The highest BCUT2D eigenvalue weighted by molar-refractivity contribution is 6.08. The number of nitrogens with one attached hydrogen (secondary N) is 1. The van der Waals surface area contributed by atoms with E-state index in [9.17, 15) is 18.0 Å². The van der Waals surface area contributed by atoms with Crippen molar-refractivity contribution in [2.45, 2.75) is 26.6 Å². The number of alkyl halides is 3. The average molecular weight is 476 g/mol. The van der Waals surface area contributed by atoms with E-state index >= 15 is 0 Å². The van der Waals surface area contributed by atoms with Crippen LogP contribution in [0.3, 0.4) is 0 Å². The summed E-state index contributed by atoms with van der Waals surface area (Å²) in [6.45, 7) is 3.82. The van der Waals surface area contributed by atoms with Crippen molar-refractivity contribution in [1.82, 2.24) is 30.3 Å². The normalized spacial score (nSPS) is 11.8. The lowest BCUT2D eigenvalue weighted by Gasteiger charge is -2.09. The van der Waals surface area contributed by atoms with Crippen molar-refractivity contribution in [3.63, 3.8) is 0 Å². The second kappa shape index (κ2) is 8.46. The third-order valence-electron chi connectivity index (χ3n) is 5.71. The van der Waals surface area contributed by atoms with Gasteiger partial charge in [0.1, 0.15) is 0 Å². The number of benzene rings is 2. The molecular formula is C25H19F3N6O. The Balaban J connectivity index is 1.36. The van der Waals surface area contributed by atoms with Crippen LogP contribution in [0, 0.1) is 13.8 Å². The van der Waals surface area contributed by atoms with Crippen molar-refractivity contribution in [3.05, 3.63) is 83.3 Å². The second-order valence-corrected chi connectivity index (χ2v) is 8.08. The summed E-state index contributed by atoms with van der Waals surface area (Å²) in [4.78, 5) is 17.7. The van der Waals surface area contributed by atoms with Crippen molar-refractivity contribution in [1.29, 1.82) is 0 Å². The van der Waals surface area contributed by atoms with Gasteiger partial charge in [-0.3, -0.25) is 4.98 Å². The highest BCUT2D eigenvalue weighted by atomic mass is 19.4. The Morgan fingerprint density at radius 2 is 1.69 bits per heavy atom. The molecule has 0 saturated heterocycles. The predicted octanol–water partition coefficient (Wildman–Crippen LogP) is 5.44. The minimum atomic E-state index is -4.40. The van der Waals surface area contributed by atoms with Crippen LogP contribution in [-0.2, 0) is 12.7 Å². The fraction of sp³-hybridized carbons (Fsp3) is 0.160. The topological polar surface area (TPSA) is 85.6 Å². The van der Waals surface area contributed by atoms with Crippen molar-refractivity contribution >= 4 is 27.8 Å². The first kappa shape index (κ1) is 22.5. The number of carbonyl (C=O) groups excluding carboxylic acids is 1. The first-order valence-electron chi connectivity index (χ1n) is 10.8. The van der Waals surface area contributed by atoms with Crippen LogP contribution in [0.5, 0.6) is 0 Å². The molecule has 0 unspecified atom stereocenters. The monoisotopic (exact) mass is 476 g/mol. The van der Waals surface area contributed by atoms with Crippen LogP contribution in [0.1, 0.15) is 22.6 Å². The Labute approximate surface area is 197 Å². The van der Waals surface area contributed by atoms with Crippen molar-refractivity contribution in [2.75, 3.05) is 0 Å². The Bertz CT molecular complexity index is 1560. The molecule has 0 aliphatic carbocycles. The highest BCUT2D eigenvalue weighted by Crippen LogP contribution is 2.31. The second-order valence-electron chi connectivity index (χ2n) is 8.08. The van der Waals surface area contributed by atoms with E-state index in [2.05, 4.69) is 25.6 Å². The Kier molecular flexibility index (Phi) is 5.43. The summed E-state index contributed by atoms with van der Waals surface area (Å²) >= 11 is 0. The number of para-hydroxylation sites is 1. The van der Waals surface area contributed by atoms with Gasteiger partial charge in [-0.25, -0.2) is 4.79 Å². The quantitative estimate of drug-likeness (QED) is 0.375. The van der Waals surface area contributed by atoms with E-state index in [0.29, 0.717) is 28.2 Å². The summed E-state index contributed by atoms with van der Waals surface area (Å²) in [5, 5.41) is 17.1. The van der Waals surface area contributed by atoms with Crippen LogP contribution in [0.2, 0.25) is 0 Å². The van der Waals surface area contributed by atoms with Crippen LogP contribution < -0.4 is 5.32 Å². The van der Waals surface area contributed by atoms with Gasteiger partial charge in [0, 0.05) is 22.0 Å². The smallest absolute Gasteiger partial charge is 0.330 e. The lowest BCUT2D eigenvalue weighted by Crippen LogP contribution is -2.29. The van der Waals surface area contributed by atoms with Crippen molar-refractivity contribution < 1.29 is 18.0 Å². The maximum absolute atomic E-state index is 13.0. The number of halogens is 3. The molecule has 0 radical (unpaired) electrons. The molecule has 10 heteroatoms. The van der Waals surface area contributed by atoms with Gasteiger partial charge in [0.25, 0.3) is 0 Å². The van der Waals surface area contributed by atoms with Gasteiger partial charge in [0.2, 0.25) is 0 Å². The number of nitrogens with zero attached hydrogens (tertiary/aromatic N) is 5. The predicted molar refractivity (Wildman–Crippen MR) is 125 cm³/mol. The lowest BCUT2D eigenvalue weighted by atomic mass is 10.1. The number of rotatable bonds is 3. The molecule has 0 saturated carbocycles. The first-order valence-corrected chi connectivity index (χ1v) is 10.8. The van der Waals surface area contributed by atoms with Crippen molar-refractivity contribution in [2.24, 2.45) is 0 Å². The number of fused-ring (bicyclic) bond motifs is 3. The molecule has 176 valence electrons. The summed E-state index contributed by atoms with van der Waals surface area (Å²) in [7, 11) is 0. The van der Waals surface area contributed by atoms with Gasteiger partial charge in [-0.1, -0.05) is 30.3 Å². The van der Waals surface area contributed by atoms with Gasteiger partial charge < -0.3 is 5.32 Å². The van der Waals surface area contributed by atoms with E-state index in [1.165, 1.54) is 16.8 Å². The molecule has 2 aromatic carbocycles. The summed E-state index contributed by atoms with van der Waals surface area (Å²) in [6, 6.07) is 15.2. The molecule has 0 aliphatic rings. The van der Waals surface area contributed by atoms with Gasteiger partial charge in [-0.2, -0.15) is 33.1 Å². The molecule has 0 aliphatic heterocycles. The van der Waals surface area contributed by atoms with Crippen LogP contribution >= 0.6 is 0 Å². The molecule has 0 atom stereocenters. The Morgan fingerprint density at radius 1 is 0.943 bits per heavy atom. The summed E-state index contributed by atoms with van der Waals surface area (Å²) in [5.74, 6) is 0. The molecule has 0 bridgehead atoms. The van der Waals surface area contributed by atoms with Crippen LogP contribution in [0.15, 0.2) is 60.7 Å². The van der Waals surface area contributed by atoms with E-state index in [4.69, 9.17) is 0 Å². The Hall–Kier alpha value is -4.34.